The molecule has 20 heavy (non-hydrogen) atoms. The van der Waals surface area contributed by atoms with E-state index in [2.05, 4.69) is 25.8 Å². The molecule has 0 saturated heterocycles. The first-order valence-electron chi connectivity index (χ1n) is 8.56. The number of thiocarbonyl (C=S) groups is 1. The van der Waals surface area contributed by atoms with Gasteiger partial charge in [0.15, 0.2) is 0 Å². The van der Waals surface area contributed by atoms with Gasteiger partial charge in [-0.3, -0.25) is 0 Å². The molecule has 0 bridgehead atoms. The van der Waals surface area contributed by atoms with Gasteiger partial charge in [0.05, 0.1) is 4.99 Å². The maximum Gasteiger partial charge on any atom is 0.0742 e. The highest BCUT2D eigenvalue weighted by Crippen LogP contribution is 2.11. The van der Waals surface area contributed by atoms with E-state index in [4.69, 9.17) is 18.0 Å². The predicted molar refractivity (Wildman–Crippen MR) is 95.3 cm³/mol. The second-order valence-electron chi connectivity index (χ2n) is 6.18. The SMILES string of the molecule is CCCCCCCCCCCCN(C)C(C)CC(N)=S. The third-order valence-corrected chi connectivity index (χ3v) is 4.28. The van der Waals surface area contributed by atoms with Crippen LogP contribution in [0, 0.1) is 0 Å². The molecule has 1 atom stereocenters. The minimum atomic E-state index is 0.478. The van der Waals surface area contributed by atoms with Crippen LogP contribution in [0.1, 0.15) is 84.5 Å². The van der Waals surface area contributed by atoms with Gasteiger partial charge in [-0.05, 0) is 26.9 Å². The molecule has 0 aromatic rings. The molecule has 0 radical (unpaired) electrons. The summed E-state index contributed by atoms with van der Waals surface area (Å²) in [5.41, 5.74) is 5.59. The van der Waals surface area contributed by atoms with Crippen molar-refractivity contribution in [3.05, 3.63) is 0 Å². The highest BCUT2D eigenvalue weighted by molar-refractivity contribution is 7.80. The molecular formula is C17H36N2S. The fourth-order valence-electron chi connectivity index (χ4n) is 2.52. The standard InChI is InChI=1S/C17H36N2S/c1-4-5-6-7-8-9-10-11-12-13-14-19(3)16(2)15-17(18)20/h16H,4-15H2,1-3H3,(H2,18,20). The van der Waals surface area contributed by atoms with E-state index in [0.29, 0.717) is 11.0 Å². The Morgan fingerprint density at radius 2 is 1.40 bits per heavy atom. The Morgan fingerprint density at radius 1 is 0.950 bits per heavy atom. The number of nitrogens with zero attached hydrogens (tertiary/aromatic N) is 1. The first-order valence-corrected chi connectivity index (χ1v) is 8.97. The van der Waals surface area contributed by atoms with Crippen LogP contribution < -0.4 is 5.73 Å². The molecule has 0 aliphatic heterocycles. The van der Waals surface area contributed by atoms with Crippen molar-refractivity contribution < 1.29 is 0 Å². The summed E-state index contributed by atoms with van der Waals surface area (Å²) >= 11 is 4.96. The number of hydrogen-bond donors (Lipinski definition) is 1. The van der Waals surface area contributed by atoms with Crippen LogP contribution in [0.4, 0.5) is 0 Å². The Morgan fingerprint density at radius 3 is 1.85 bits per heavy atom. The summed E-state index contributed by atoms with van der Waals surface area (Å²) in [6.07, 6.45) is 14.8. The van der Waals surface area contributed by atoms with Crippen molar-refractivity contribution in [2.45, 2.75) is 90.5 Å². The van der Waals surface area contributed by atoms with Crippen LogP contribution in [0.3, 0.4) is 0 Å². The zero-order valence-corrected chi connectivity index (χ0v) is 14.8. The van der Waals surface area contributed by atoms with E-state index in [9.17, 15) is 0 Å². The van der Waals surface area contributed by atoms with E-state index in [-0.39, 0.29) is 0 Å². The molecule has 0 spiro atoms. The van der Waals surface area contributed by atoms with Crippen molar-refractivity contribution in [1.82, 2.24) is 4.90 Å². The molecule has 0 aromatic heterocycles. The third-order valence-electron chi connectivity index (χ3n) is 4.11. The lowest BCUT2D eigenvalue weighted by molar-refractivity contribution is 0.257. The van der Waals surface area contributed by atoms with E-state index < -0.39 is 0 Å². The van der Waals surface area contributed by atoms with Gasteiger partial charge in [0, 0.05) is 12.5 Å². The van der Waals surface area contributed by atoms with Crippen molar-refractivity contribution in [1.29, 1.82) is 0 Å². The van der Waals surface area contributed by atoms with E-state index in [1.165, 1.54) is 70.8 Å². The van der Waals surface area contributed by atoms with E-state index >= 15 is 0 Å². The second kappa shape index (κ2) is 13.8. The molecule has 3 heteroatoms. The summed E-state index contributed by atoms with van der Waals surface area (Å²) in [6, 6.07) is 0.478. The molecule has 0 fully saturated rings. The molecule has 0 heterocycles. The quantitative estimate of drug-likeness (QED) is 0.365. The maximum absolute atomic E-state index is 5.59. The average Bonchev–Trinajstić information content (AvgIpc) is 2.39. The molecule has 0 rings (SSSR count). The van der Waals surface area contributed by atoms with Crippen molar-refractivity contribution in [3.8, 4) is 0 Å². The molecule has 0 saturated carbocycles. The van der Waals surface area contributed by atoms with Crippen LogP contribution >= 0.6 is 12.2 Å². The number of nitrogens with two attached hydrogens (primary N) is 1. The molecule has 1 unspecified atom stereocenters. The largest absolute Gasteiger partial charge is 0.393 e. The monoisotopic (exact) mass is 300 g/mol. The van der Waals surface area contributed by atoms with Crippen molar-refractivity contribution >= 4 is 17.2 Å². The Bertz CT molecular complexity index is 231. The first-order chi connectivity index (χ1) is 9.57. The van der Waals surface area contributed by atoms with Crippen LogP contribution in [0.5, 0.6) is 0 Å². The van der Waals surface area contributed by atoms with E-state index in [0.717, 1.165) is 6.42 Å². The number of rotatable bonds is 14. The molecule has 2 nitrogen and oxygen atoms in total. The summed E-state index contributed by atoms with van der Waals surface area (Å²) in [5.74, 6) is 0. The maximum atomic E-state index is 5.59. The van der Waals surface area contributed by atoms with Crippen LogP contribution in [-0.2, 0) is 0 Å². The highest BCUT2D eigenvalue weighted by Gasteiger charge is 2.09. The Hall–Kier alpha value is -0.150. The Balaban J connectivity index is 3.28. The molecular weight excluding hydrogens is 264 g/mol. The minimum Gasteiger partial charge on any atom is -0.393 e. The Kier molecular flexibility index (Phi) is 13.7. The molecule has 120 valence electrons. The fraction of sp³-hybridized carbons (Fsp3) is 0.941. The molecule has 0 aliphatic carbocycles. The van der Waals surface area contributed by atoms with Gasteiger partial charge in [0.25, 0.3) is 0 Å². The fourth-order valence-corrected chi connectivity index (χ4v) is 2.76. The van der Waals surface area contributed by atoms with E-state index in [1.54, 1.807) is 0 Å². The second-order valence-corrected chi connectivity index (χ2v) is 6.71. The Labute approximate surface area is 132 Å². The van der Waals surface area contributed by atoms with Gasteiger partial charge in [0.1, 0.15) is 0 Å². The van der Waals surface area contributed by atoms with Gasteiger partial charge >= 0.3 is 0 Å². The minimum absolute atomic E-state index is 0.478. The van der Waals surface area contributed by atoms with Gasteiger partial charge in [-0.1, -0.05) is 76.9 Å². The lowest BCUT2D eigenvalue weighted by Gasteiger charge is -2.24. The number of unbranched alkanes of at least 4 members (excludes halogenated alkanes) is 9. The molecule has 0 aliphatic rings. The average molecular weight is 301 g/mol. The molecule has 0 aromatic carbocycles. The first kappa shape index (κ1) is 19.9. The smallest absolute Gasteiger partial charge is 0.0742 e. The van der Waals surface area contributed by atoms with E-state index in [1.807, 2.05) is 0 Å². The third kappa shape index (κ3) is 12.9. The van der Waals surface area contributed by atoms with Gasteiger partial charge in [0.2, 0.25) is 0 Å². The summed E-state index contributed by atoms with van der Waals surface area (Å²) in [4.78, 5) is 3.01. The summed E-state index contributed by atoms with van der Waals surface area (Å²) in [7, 11) is 2.18. The molecule has 2 N–H and O–H groups in total. The van der Waals surface area contributed by atoms with Crippen molar-refractivity contribution in [2.24, 2.45) is 5.73 Å². The lowest BCUT2D eigenvalue weighted by atomic mass is 10.1. The van der Waals surface area contributed by atoms with Gasteiger partial charge < -0.3 is 10.6 Å². The summed E-state index contributed by atoms with van der Waals surface area (Å²) in [6.45, 7) is 5.65. The zero-order valence-electron chi connectivity index (χ0n) is 14.0. The lowest BCUT2D eigenvalue weighted by Crippen LogP contribution is -2.33. The van der Waals surface area contributed by atoms with Crippen molar-refractivity contribution in [3.63, 3.8) is 0 Å². The number of hydrogen-bond acceptors (Lipinski definition) is 2. The predicted octanol–water partition coefficient (Wildman–Crippen LogP) is 4.90. The topological polar surface area (TPSA) is 29.3 Å². The van der Waals surface area contributed by atoms with Gasteiger partial charge in [-0.2, -0.15) is 0 Å². The summed E-state index contributed by atoms with van der Waals surface area (Å²) < 4.78 is 0. The van der Waals surface area contributed by atoms with Crippen LogP contribution in [0.2, 0.25) is 0 Å². The zero-order chi connectivity index (χ0) is 15.2. The molecule has 0 amide bonds. The normalized spacial score (nSPS) is 12.8. The summed E-state index contributed by atoms with van der Waals surface area (Å²) in [5, 5.41) is 0. The van der Waals surface area contributed by atoms with Gasteiger partial charge in [-0.15, -0.1) is 0 Å². The van der Waals surface area contributed by atoms with Crippen LogP contribution in [0.15, 0.2) is 0 Å². The van der Waals surface area contributed by atoms with Crippen molar-refractivity contribution in [2.75, 3.05) is 13.6 Å². The van der Waals surface area contributed by atoms with Crippen LogP contribution in [-0.4, -0.2) is 29.5 Å². The van der Waals surface area contributed by atoms with Crippen LogP contribution in [0.25, 0.3) is 0 Å². The van der Waals surface area contributed by atoms with Gasteiger partial charge in [-0.25, -0.2) is 0 Å². The highest BCUT2D eigenvalue weighted by atomic mass is 32.1.